The van der Waals surface area contributed by atoms with E-state index in [1.165, 1.54) is 0 Å². The number of amides is 1. The van der Waals surface area contributed by atoms with E-state index in [1.54, 1.807) is 25.1 Å². The van der Waals surface area contributed by atoms with Crippen molar-refractivity contribution in [2.24, 2.45) is 0 Å². The van der Waals surface area contributed by atoms with E-state index >= 15 is 0 Å². The molecule has 1 aliphatic rings. The molecule has 0 aliphatic carbocycles. The van der Waals surface area contributed by atoms with E-state index in [9.17, 15) is 9.59 Å². The van der Waals surface area contributed by atoms with Crippen molar-refractivity contribution < 1.29 is 23.8 Å². The van der Waals surface area contributed by atoms with E-state index < -0.39 is 5.97 Å². The second kappa shape index (κ2) is 8.12. The molecular formula is C21H23NO5. The smallest absolute Gasteiger partial charge is 0.342 e. The molecule has 27 heavy (non-hydrogen) atoms. The monoisotopic (exact) mass is 369 g/mol. The van der Waals surface area contributed by atoms with Crippen LogP contribution in [0.25, 0.3) is 0 Å². The topological polar surface area (TPSA) is 65.1 Å². The predicted molar refractivity (Wildman–Crippen MR) is 100.0 cm³/mol. The van der Waals surface area contributed by atoms with Gasteiger partial charge in [0.05, 0.1) is 7.11 Å². The van der Waals surface area contributed by atoms with Crippen LogP contribution in [-0.4, -0.2) is 43.6 Å². The van der Waals surface area contributed by atoms with Gasteiger partial charge >= 0.3 is 5.97 Å². The van der Waals surface area contributed by atoms with Crippen molar-refractivity contribution in [2.75, 3.05) is 20.8 Å². The molecule has 1 atom stereocenters. The third-order valence-electron chi connectivity index (χ3n) is 4.49. The molecule has 1 amide bonds. The van der Waals surface area contributed by atoms with Crippen LogP contribution in [0.2, 0.25) is 0 Å². The molecule has 1 heterocycles. The van der Waals surface area contributed by atoms with Crippen molar-refractivity contribution in [3.05, 3.63) is 59.2 Å². The average molecular weight is 369 g/mol. The van der Waals surface area contributed by atoms with Crippen molar-refractivity contribution in [2.45, 2.75) is 26.0 Å². The maximum Gasteiger partial charge on any atom is 0.342 e. The lowest BCUT2D eigenvalue weighted by Crippen LogP contribution is -2.31. The van der Waals surface area contributed by atoms with Crippen molar-refractivity contribution in [3.8, 4) is 11.5 Å². The van der Waals surface area contributed by atoms with Gasteiger partial charge in [-0.15, -0.1) is 0 Å². The summed E-state index contributed by atoms with van der Waals surface area (Å²) < 4.78 is 16.1. The number of benzene rings is 2. The molecule has 0 saturated heterocycles. The van der Waals surface area contributed by atoms with Gasteiger partial charge in [-0.25, -0.2) is 4.79 Å². The molecule has 3 rings (SSSR count). The van der Waals surface area contributed by atoms with Crippen LogP contribution in [0.1, 0.15) is 28.4 Å². The fourth-order valence-electron chi connectivity index (χ4n) is 3.03. The summed E-state index contributed by atoms with van der Waals surface area (Å²) in [5.74, 6) is 0.570. The largest absolute Gasteiger partial charge is 0.497 e. The van der Waals surface area contributed by atoms with Gasteiger partial charge in [-0.3, -0.25) is 4.79 Å². The number of hydrogen-bond donors (Lipinski definition) is 0. The Labute approximate surface area is 158 Å². The summed E-state index contributed by atoms with van der Waals surface area (Å²) in [6.45, 7) is 2.16. The second-order valence-corrected chi connectivity index (χ2v) is 6.60. The molecule has 142 valence electrons. The van der Waals surface area contributed by atoms with E-state index in [-0.39, 0.29) is 18.6 Å². The molecule has 0 bridgehead atoms. The summed E-state index contributed by atoms with van der Waals surface area (Å²) in [7, 11) is 3.33. The highest BCUT2D eigenvalue weighted by Crippen LogP contribution is 2.29. The lowest BCUT2D eigenvalue weighted by molar-refractivity contribution is -0.132. The Morgan fingerprint density at radius 1 is 1.22 bits per heavy atom. The van der Waals surface area contributed by atoms with Crippen LogP contribution in [0.15, 0.2) is 42.5 Å². The van der Waals surface area contributed by atoms with E-state index in [1.807, 2.05) is 43.3 Å². The summed E-state index contributed by atoms with van der Waals surface area (Å²) in [6, 6.07) is 12.9. The quantitative estimate of drug-likeness (QED) is 0.733. The number of likely N-dealkylation sites (N-methyl/N-ethyl adjacent to an activating group) is 1. The average Bonchev–Trinajstić information content (AvgIpc) is 2.66. The maximum atomic E-state index is 12.4. The minimum absolute atomic E-state index is 0.147. The number of esters is 1. The van der Waals surface area contributed by atoms with Crippen LogP contribution in [0, 0.1) is 0 Å². The van der Waals surface area contributed by atoms with Crippen LogP contribution in [-0.2, 0) is 22.5 Å². The molecule has 0 aromatic heterocycles. The lowest BCUT2D eigenvalue weighted by Gasteiger charge is -2.24. The number of carbonyl (C=O) groups is 2. The first-order chi connectivity index (χ1) is 13.0. The highest BCUT2D eigenvalue weighted by Gasteiger charge is 2.27. The summed E-state index contributed by atoms with van der Waals surface area (Å²) in [6.07, 6.45) is 0.487. The fraction of sp³-hybridized carbons (Fsp3) is 0.333. The number of methoxy groups -OCH3 is 1. The van der Waals surface area contributed by atoms with Gasteiger partial charge in [0.1, 0.15) is 23.2 Å². The van der Waals surface area contributed by atoms with E-state index in [0.717, 1.165) is 16.9 Å². The van der Waals surface area contributed by atoms with Crippen LogP contribution >= 0.6 is 0 Å². The van der Waals surface area contributed by atoms with Crippen molar-refractivity contribution in [1.29, 1.82) is 0 Å². The molecule has 6 nitrogen and oxygen atoms in total. The van der Waals surface area contributed by atoms with Gasteiger partial charge in [-0.2, -0.15) is 0 Å². The first kappa shape index (κ1) is 18.8. The highest BCUT2D eigenvalue weighted by atomic mass is 16.5. The number of hydrogen-bond acceptors (Lipinski definition) is 5. The zero-order chi connectivity index (χ0) is 19.4. The van der Waals surface area contributed by atoms with Gasteiger partial charge < -0.3 is 19.1 Å². The van der Waals surface area contributed by atoms with E-state index in [4.69, 9.17) is 14.2 Å². The zero-order valence-electron chi connectivity index (χ0n) is 15.7. The van der Waals surface area contributed by atoms with Crippen molar-refractivity contribution >= 4 is 11.9 Å². The molecule has 6 heteroatoms. The van der Waals surface area contributed by atoms with Crippen LogP contribution in [0.4, 0.5) is 0 Å². The standard InChI is InChI=1S/C21H23NO5/c1-14-11-16-5-4-6-18(20(16)21(24)27-14)26-13-19(23)22(2)12-15-7-9-17(25-3)10-8-15/h4-10,14H,11-13H2,1-3H3. The lowest BCUT2D eigenvalue weighted by atomic mass is 9.98. The van der Waals surface area contributed by atoms with Gasteiger partial charge in [0.25, 0.3) is 5.91 Å². The summed E-state index contributed by atoms with van der Waals surface area (Å²) in [5, 5.41) is 0. The maximum absolute atomic E-state index is 12.4. The van der Waals surface area contributed by atoms with Gasteiger partial charge in [0, 0.05) is 20.0 Å². The number of fused-ring (bicyclic) bond motifs is 1. The van der Waals surface area contributed by atoms with Crippen LogP contribution < -0.4 is 9.47 Å². The van der Waals surface area contributed by atoms with Gasteiger partial charge in [-0.1, -0.05) is 24.3 Å². The molecular weight excluding hydrogens is 346 g/mol. The normalized spacial score (nSPS) is 15.5. The fourth-order valence-corrected chi connectivity index (χ4v) is 3.03. The molecule has 1 aliphatic heterocycles. The Bertz CT molecular complexity index is 831. The number of nitrogens with zero attached hydrogens (tertiary/aromatic N) is 1. The number of ether oxygens (including phenoxy) is 3. The Kier molecular flexibility index (Phi) is 5.64. The molecule has 1 unspecified atom stereocenters. The number of cyclic esters (lactones) is 1. The summed E-state index contributed by atoms with van der Waals surface area (Å²) in [4.78, 5) is 26.2. The van der Waals surface area contributed by atoms with Crippen LogP contribution in [0.5, 0.6) is 11.5 Å². The molecule has 0 fully saturated rings. The summed E-state index contributed by atoms with van der Waals surface area (Å²) >= 11 is 0. The van der Waals surface area contributed by atoms with Crippen LogP contribution in [0.3, 0.4) is 0 Å². The molecule has 0 saturated carbocycles. The molecule has 0 radical (unpaired) electrons. The SMILES string of the molecule is COc1ccc(CN(C)C(=O)COc2cccc3c2C(=O)OC(C)C3)cc1. The van der Waals surface area contributed by atoms with Crippen molar-refractivity contribution in [3.63, 3.8) is 0 Å². The van der Waals surface area contributed by atoms with Gasteiger partial charge in [0.2, 0.25) is 0 Å². The van der Waals surface area contributed by atoms with E-state index in [0.29, 0.717) is 24.3 Å². The predicted octanol–water partition coefficient (Wildman–Crippen LogP) is 2.83. The van der Waals surface area contributed by atoms with Crippen molar-refractivity contribution in [1.82, 2.24) is 4.90 Å². The number of carbonyl (C=O) groups excluding carboxylic acids is 2. The Morgan fingerprint density at radius 2 is 1.96 bits per heavy atom. The molecule has 2 aromatic carbocycles. The zero-order valence-corrected chi connectivity index (χ0v) is 15.7. The molecule has 2 aromatic rings. The Morgan fingerprint density at radius 3 is 2.67 bits per heavy atom. The highest BCUT2D eigenvalue weighted by molar-refractivity contribution is 5.95. The second-order valence-electron chi connectivity index (χ2n) is 6.60. The summed E-state index contributed by atoms with van der Waals surface area (Å²) in [5.41, 5.74) is 2.29. The third kappa shape index (κ3) is 4.39. The molecule has 0 N–H and O–H groups in total. The number of rotatable bonds is 6. The molecule has 0 spiro atoms. The van der Waals surface area contributed by atoms with Gasteiger partial charge in [-0.05, 0) is 36.2 Å². The van der Waals surface area contributed by atoms with E-state index in [2.05, 4.69) is 0 Å². The minimum atomic E-state index is -0.404. The minimum Gasteiger partial charge on any atom is -0.497 e. The first-order valence-corrected chi connectivity index (χ1v) is 8.80. The third-order valence-corrected chi connectivity index (χ3v) is 4.49. The Balaban J connectivity index is 1.62. The van der Waals surface area contributed by atoms with Gasteiger partial charge in [0.15, 0.2) is 6.61 Å². The Hall–Kier alpha value is -3.02. The first-order valence-electron chi connectivity index (χ1n) is 8.80.